The molecule has 3 aromatic rings. The van der Waals surface area contributed by atoms with Crippen LogP contribution in [0.4, 0.5) is 5.13 Å². The van der Waals surface area contributed by atoms with Crippen molar-refractivity contribution in [3.8, 4) is 22.1 Å². The molecule has 0 unspecified atom stereocenters. The van der Waals surface area contributed by atoms with E-state index in [0.29, 0.717) is 48.3 Å². The largest absolute Gasteiger partial charge is 0.493 e. The lowest BCUT2D eigenvalue weighted by molar-refractivity contribution is 0.0746. The Balaban J connectivity index is 1.42. The number of hydrogen-bond acceptors (Lipinski definition) is 7. The molecule has 2 aromatic carbocycles. The van der Waals surface area contributed by atoms with Crippen LogP contribution in [0.5, 0.6) is 11.5 Å². The van der Waals surface area contributed by atoms with Gasteiger partial charge in [0.1, 0.15) is 0 Å². The third kappa shape index (κ3) is 4.06. The van der Waals surface area contributed by atoms with Crippen molar-refractivity contribution in [1.82, 2.24) is 15.1 Å². The molecule has 1 aromatic heterocycles. The number of rotatable bonds is 5. The minimum absolute atomic E-state index is 0.0235. The predicted molar refractivity (Wildman–Crippen MR) is 118 cm³/mol. The third-order valence-electron chi connectivity index (χ3n) is 4.99. The van der Waals surface area contributed by atoms with E-state index in [-0.39, 0.29) is 5.91 Å². The molecule has 0 bridgehead atoms. The second-order valence-corrected chi connectivity index (χ2v) is 8.08. The normalized spacial score (nSPS) is 14.0. The summed E-state index contributed by atoms with van der Waals surface area (Å²) in [5.41, 5.74) is 1.46. The SMILES string of the molecule is COc1ccc(C(=O)N2CCN(c3nnc(-c4ccccc4Cl)s3)CC2)cc1OC. The van der Waals surface area contributed by atoms with Crippen LogP contribution in [0.1, 0.15) is 10.4 Å². The van der Waals surface area contributed by atoms with Gasteiger partial charge in [-0.1, -0.05) is 41.1 Å². The summed E-state index contributed by atoms with van der Waals surface area (Å²) in [7, 11) is 3.13. The molecule has 1 aliphatic heterocycles. The molecule has 0 saturated carbocycles. The highest BCUT2D eigenvalue weighted by atomic mass is 35.5. The zero-order valence-corrected chi connectivity index (χ0v) is 18.2. The molecule has 1 fully saturated rings. The Bertz CT molecular complexity index is 1050. The number of amides is 1. The lowest BCUT2D eigenvalue weighted by Gasteiger charge is -2.34. The molecular formula is C21H21ClN4O3S. The number of carbonyl (C=O) groups excluding carboxylic acids is 1. The lowest BCUT2D eigenvalue weighted by Crippen LogP contribution is -2.48. The van der Waals surface area contributed by atoms with E-state index in [4.69, 9.17) is 21.1 Å². The van der Waals surface area contributed by atoms with Crippen LogP contribution in [0.3, 0.4) is 0 Å². The maximum atomic E-state index is 12.9. The van der Waals surface area contributed by atoms with Gasteiger partial charge in [-0.3, -0.25) is 4.79 Å². The second kappa shape index (κ2) is 8.89. The first-order valence-corrected chi connectivity index (χ1v) is 10.6. The first-order valence-electron chi connectivity index (χ1n) is 9.45. The molecule has 0 atom stereocenters. The summed E-state index contributed by atoms with van der Waals surface area (Å²) in [6, 6.07) is 12.8. The number of anilines is 1. The van der Waals surface area contributed by atoms with Crippen molar-refractivity contribution < 1.29 is 14.3 Å². The van der Waals surface area contributed by atoms with Gasteiger partial charge in [-0.25, -0.2) is 0 Å². The average molecular weight is 445 g/mol. The Morgan fingerprint density at radius 1 is 1.00 bits per heavy atom. The van der Waals surface area contributed by atoms with Gasteiger partial charge in [0.15, 0.2) is 16.5 Å². The fourth-order valence-electron chi connectivity index (χ4n) is 3.34. The van der Waals surface area contributed by atoms with E-state index in [1.165, 1.54) is 11.3 Å². The number of benzene rings is 2. The van der Waals surface area contributed by atoms with Crippen LogP contribution < -0.4 is 14.4 Å². The maximum Gasteiger partial charge on any atom is 0.254 e. The number of halogens is 1. The number of nitrogens with zero attached hydrogens (tertiary/aromatic N) is 4. The van der Waals surface area contributed by atoms with Crippen LogP contribution in [0.15, 0.2) is 42.5 Å². The van der Waals surface area contributed by atoms with Crippen LogP contribution in [-0.2, 0) is 0 Å². The number of aromatic nitrogens is 2. The van der Waals surface area contributed by atoms with Gasteiger partial charge in [-0.2, -0.15) is 0 Å². The van der Waals surface area contributed by atoms with Gasteiger partial charge in [0.25, 0.3) is 5.91 Å². The molecule has 1 saturated heterocycles. The highest BCUT2D eigenvalue weighted by Gasteiger charge is 2.25. The minimum Gasteiger partial charge on any atom is -0.493 e. The second-order valence-electron chi connectivity index (χ2n) is 6.72. The van der Waals surface area contributed by atoms with Gasteiger partial charge >= 0.3 is 0 Å². The van der Waals surface area contributed by atoms with Gasteiger partial charge in [0.2, 0.25) is 5.13 Å². The van der Waals surface area contributed by atoms with Crippen molar-refractivity contribution in [3.63, 3.8) is 0 Å². The van der Waals surface area contributed by atoms with E-state index in [2.05, 4.69) is 15.1 Å². The number of hydrogen-bond donors (Lipinski definition) is 0. The summed E-state index contributed by atoms with van der Waals surface area (Å²) in [6.45, 7) is 2.59. The van der Waals surface area contributed by atoms with Crippen LogP contribution in [0.25, 0.3) is 10.6 Å². The van der Waals surface area contributed by atoms with Crippen molar-refractivity contribution in [1.29, 1.82) is 0 Å². The number of methoxy groups -OCH3 is 2. The van der Waals surface area contributed by atoms with Crippen LogP contribution in [-0.4, -0.2) is 61.4 Å². The molecular weight excluding hydrogens is 424 g/mol. The van der Waals surface area contributed by atoms with Crippen LogP contribution in [0.2, 0.25) is 5.02 Å². The van der Waals surface area contributed by atoms with Gasteiger partial charge < -0.3 is 19.3 Å². The fourth-order valence-corrected chi connectivity index (χ4v) is 4.56. The number of ether oxygens (including phenoxy) is 2. The van der Waals surface area contributed by atoms with Gasteiger partial charge in [0.05, 0.1) is 19.2 Å². The summed E-state index contributed by atoms with van der Waals surface area (Å²) >= 11 is 7.78. The average Bonchev–Trinajstić information content (AvgIpc) is 3.28. The Kier molecular flexibility index (Phi) is 6.06. The predicted octanol–water partition coefficient (Wildman–Crippen LogP) is 3.84. The summed E-state index contributed by atoms with van der Waals surface area (Å²) in [6.07, 6.45) is 0. The van der Waals surface area contributed by atoms with Crippen LogP contribution >= 0.6 is 22.9 Å². The Labute approximate surface area is 183 Å². The molecule has 1 amide bonds. The summed E-state index contributed by atoms with van der Waals surface area (Å²) in [5.74, 6) is 1.12. The lowest BCUT2D eigenvalue weighted by atomic mass is 10.1. The van der Waals surface area contributed by atoms with Crippen molar-refractivity contribution in [3.05, 3.63) is 53.1 Å². The first kappa shape index (κ1) is 20.4. The highest BCUT2D eigenvalue weighted by molar-refractivity contribution is 7.18. The first-order chi connectivity index (χ1) is 14.6. The molecule has 2 heterocycles. The van der Waals surface area contributed by atoms with Crippen molar-refractivity contribution in [2.75, 3.05) is 45.3 Å². The molecule has 7 nitrogen and oxygen atoms in total. The standard InChI is InChI=1S/C21H21ClN4O3S/c1-28-17-8-7-14(13-18(17)29-2)20(27)25-9-11-26(12-10-25)21-24-23-19(30-21)15-5-3-4-6-16(15)22/h3-8,13H,9-12H2,1-2H3. The van der Waals surface area contributed by atoms with Gasteiger partial charge in [0, 0.05) is 37.3 Å². The smallest absolute Gasteiger partial charge is 0.254 e. The van der Waals surface area contributed by atoms with E-state index in [1.807, 2.05) is 29.2 Å². The van der Waals surface area contributed by atoms with Crippen molar-refractivity contribution in [2.24, 2.45) is 0 Å². The molecule has 9 heteroatoms. The molecule has 4 rings (SSSR count). The Morgan fingerprint density at radius 3 is 2.43 bits per heavy atom. The number of piperazine rings is 1. The zero-order valence-electron chi connectivity index (χ0n) is 16.7. The quantitative estimate of drug-likeness (QED) is 0.595. The molecule has 0 aliphatic carbocycles. The van der Waals surface area contributed by atoms with Gasteiger partial charge in [-0.15, -0.1) is 10.2 Å². The zero-order chi connectivity index (χ0) is 21.1. The molecule has 1 aliphatic rings. The Hall–Kier alpha value is -2.84. The Morgan fingerprint density at radius 2 is 1.73 bits per heavy atom. The molecule has 0 radical (unpaired) electrons. The van der Waals surface area contributed by atoms with Crippen LogP contribution in [0, 0.1) is 0 Å². The minimum atomic E-state index is -0.0235. The van der Waals surface area contributed by atoms with E-state index in [9.17, 15) is 4.79 Å². The topological polar surface area (TPSA) is 67.8 Å². The van der Waals surface area contributed by atoms with Gasteiger partial charge in [-0.05, 0) is 24.3 Å². The molecule has 0 N–H and O–H groups in total. The summed E-state index contributed by atoms with van der Waals surface area (Å²) in [4.78, 5) is 16.9. The molecule has 156 valence electrons. The number of carbonyl (C=O) groups is 1. The molecule has 0 spiro atoms. The summed E-state index contributed by atoms with van der Waals surface area (Å²) in [5, 5.41) is 10.9. The van der Waals surface area contributed by atoms with E-state index < -0.39 is 0 Å². The van der Waals surface area contributed by atoms with Crippen molar-refractivity contribution >= 4 is 34.0 Å². The summed E-state index contributed by atoms with van der Waals surface area (Å²) < 4.78 is 10.6. The van der Waals surface area contributed by atoms with Crippen molar-refractivity contribution in [2.45, 2.75) is 0 Å². The maximum absolute atomic E-state index is 12.9. The third-order valence-corrected chi connectivity index (χ3v) is 6.33. The monoisotopic (exact) mass is 444 g/mol. The van der Waals surface area contributed by atoms with E-state index >= 15 is 0 Å². The van der Waals surface area contributed by atoms with E-state index in [0.717, 1.165) is 15.7 Å². The molecule has 30 heavy (non-hydrogen) atoms. The van der Waals surface area contributed by atoms with E-state index in [1.54, 1.807) is 32.4 Å². The fraction of sp³-hybridized carbons (Fsp3) is 0.286. The highest BCUT2D eigenvalue weighted by Crippen LogP contribution is 2.33.